The molecule has 2 atom stereocenters. The molecule has 8 nitrogen and oxygen atoms in total. The zero-order valence-electron chi connectivity index (χ0n) is 39.7. The Kier molecular flexibility index (Phi) is 40.8. The second-order valence-electron chi connectivity index (χ2n) is 16.6. The second-order valence-corrected chi connectivity index (χ2v) is 16.6. The van der Waals surface area contributed by atoms with E-state index < -0.39 is 18.1 Å². The number of allylic oxidation sites excluding steroid dienone is 18. The lowest BCUT2D eigenvalue weighted by Gasteiger charge is -2.34. The van der Waals surface area contributed by atoms with E-state index in [4.69, 9.17) is 14.2 Å². The molecule has 0 aromatic rings. The first kappa shape index (κ1) is 58.0. The summed E-state index contributed by atoms with van der Waals surface area (Å²) < 4.78 is 17.1. The summed E-state index contributed by atoms with van der Waals surface area (Å²) in [6, 6.07) is -0.749. The van der Waals surface area contributed by atoms with Gasteiger partial charge in [-0.15, -0.1) is 0 Å². The summed E-state index contributed by atoms with van der Waals surface area (Å²) in [6.07, 6.45) is 59.8. The van der Waals surface area contributed by atoms with Crippen LogP contribution in [0, 0.1) is 0 Å². The molecule has 0 N–H and O–H groups in total. The molecule has 0 fully saturated rings. The van der Waals surface area contributed by atoms with E-state index in [0.717, 1.165) is 64.2 Å². The molecule has 0 heterocycles. The highest BCUT2D eigenvalue weighted by Gasteiger charge is 2.25. The van der Waals surface area contributed by atoms with Gasteiger partial charge >= 0.3 is 11.9 Å². The maximum Gasteiger partial charge on any atom is 0.306 e. The van der Waals surface area contributed by atoms with E-state index in [1.807, 2.05) is 0 Å². The molecule has 0 spiro atoms. The third-order valence-corrected chi connectivity index (χ3v) is 9.88. The van der Waals surface area contributed by atoms with E-state index in [1.54, 1.807) is 21.1 Å². The van der Waals surface area contributed by atoms with Crippen molar-refractivity contribution in [2.24, 2.45) is 0 Å². The van der Waals surface area contributed by atoms with Crippen LogP contribution in [0.3, 0.4) is 0 Å². The van der Waals surface area contributed by atoms with Crippen LogP contribution in [0.2, 0.25) is 0 Å². The van der Waals surface area contributed by atoms with E-state index in [9.17, 15) is 19.5 Å². The number of ether oxygens (including phenoxy) is 3. The maximum atomic E-state index is 12.7. The van der Waals surface area contributed by atoms with Crippen LogP contribution in [0.25, 0.3) is 0 Å². The smallest absolute Gasteiger partial charge is 0.306 e. The summed E-state index contributed by atoms with van der Waals surface area (Å²) in [7, 11) is 5.36. The van der Waals surface area contributed by atoms with Crippen molar-refractivity contribution in [3.8, 4) is 0 Å². The average molecular weight is 862 g/mol. The predicted octanol–water partition coefficient (Wildman–Crippen LogP) is 12.3. The van der Waals surface area contributed by atoms with Crippen LogP contribution in [0.15, 0.2) is 109 Å². The van der Waals surface area contributed by atoms with E-state index in [1.165, 1.54) is 51.4 Å². The summed E-state index contributed by atoms with van der Waals surface area (Å²) >= 11 is 0. The van der Waals surface area contributed by atoms with Crippen molar-refractivity contribution in [2.45, 2.75) is 174 Å². The Hall–Kier alpha value is -4.01. The quantitative estimate of drug-likeness (QED) is 0.0261. The molecule has 0 aromatic heterocycles. The van der Waals surface area contributed by atoms with E-state index in [0.29, 0.717) is 12.8 Å². The molecule has 350 valence electrons. The highest BCUT2D eigenvalue weighted by atomic mass is 16.6. The third kappa shape index (κ3) is 41.3. The standard InChI is InChI=1S/C54H87NO7/c1-6-8-10-12-14-16-18-20-22-24-25-26-27-29-30-32-34-36-38-40-42-44-52(56)61-49-50(48-60-47-46-51(54(58)59)55(3,4)5)62-53(57)45-43-41-39-37-35-33-31-28-23-21-19-17-15-13-11-9-7-2/h14-17,20-23,25-26,29-31,33-34,36-37,39,50-51H,6-13,18-19,24,27-28,32,35,38,40-49H2,1-5H3/b16-14+,17-15+,22-20+,23-21+,26-25+,30-29+,33-31+,36-34+,39-37+. The van der Waals surface area contributed by atoms with E-state index in [2.05, 4.69) is 123 Å². The lowest BCUT2D eigenvalue weighted by molar-refractivity contribution is -0.889. The molecule has 0 radical (unpaired) electrons. The van der Waals surface area contributed by atoms with Crippen molar-refractivity contribution < 1.29 is 38.2 Å². The Morgan fingerprint density at radius 2 is 0.855 bits per heavy atom. The van der Waals surface area contributed by atoms with Gasteiger partial charge < -0.3 is 28.6 Å². The highest BCUT2D eigenvalue weighted by molar-refractivity contribution is 5.70. The number of carboxylic acid groups (broad SMARTS) is 1. The molecule has 0 aromatic carbocycles. The normalized spacial score (nSPS) is 13.9. The van der Waals surface area contributed by atoms with Crippen LogP contribution < -0.4 is 5.11 Å². The van der Waals surface area contributed by atoms with Gasteiger partial charge in [0.05, 0.1) is 40.3 Å². The maximum absolute atomic E-state index is 12.7. The number of carbonyl (C=O) groups excluding carboxylic acids is 3. The minimum absolute atomic E-state index is 0.00264. The second kappa shape index (κ2) is 43.6. The summed E-state index contributed by atoms with van der Waals surface area (Å²) in [6.45, 7) is 4.48. The first-order valence-corrected chi connectivity index (χ1v) is 23.9. The Bertz CT molecular complexity index is 1370. The zero-order valence-corrected chi connectivity index (χ0v) is 39.7. The SMILES string of the molecule is CCCCC/C=C/C/C=C/C/C=C/C/C=C/C/C=C/CCCCC(=O)OCC(COCCC(C(=O)[O-])[N+](C)(C)C)OC(=O)CCC/C=C/C/C=C/C/C=C/C/C=C/CCCCC. The third-order valence-electron chi connectivity index (χ3n) is 9.88. The number of unbranched alkanes of at least 4 members (excludes halogenated alkanes) is 9. The summed E-state index contributed by atoms with van der Waals surface area (Å²) in [4.78, 5) is 36.9. The first-order valence-electron chi connectivity index (χ1n) is 23.9. The predicted molar refractivity (Wildman–Crippen MR) is 258 cm³/mol. The van der Waals surface area contributed by atoms with Crippen LogP contribution in [0.5, 0.6) is 0 Å². The number of carboxylic acids is 1. The Morgan fingerprint density at radius 3 is 1.24 bits per heavy atom. The van der Waals surface area contributed by atoms with Crippen LogP contribution in [0.4, 0.5) is 0 Å². The van der Waals surface area contributed by atoms with Gasteiger partial charge in [-0.3, -0.25) is 9.59 Å². The Labute approximate surface area is 378 Å². The lowest BCUT2D eigenvalue weighted by atomic mass is 10.1. The molecule has 8 heteroatoms. The van der Waals surface area contributed by atoms with Crippen LogP contribution in [-0.2, 0) is 28.6 Å². The van der Waals surface area contributed by atoms with Gasteiger partial charge in [0.25, 0.3) is 0 Å². The van der Waals surface area contributed by atoms with Gasteiger partial charge in [0.15, 0.2) is 6.10 Å². The van der Waals surface area contributed by atoms with Crippen molar-refractivity contribution in [3.05, 3.63) is 109 Å². The average Bonchev–Trinajstić information content (AvgIpc) is 3.23. The number of hydrogen-bond donors (Lipinski definition) is 0. The number of carbonyl (C=O) groups is 3. The molecule has 0 saturated carbocycles. The van der Waals surface area contributed by atoms with Gasteiger partial charge in [-0.05, 0) is 103 Å². The number of esters is 2. The topological polar surface area (TPSA) is 102 Å². The molecule has 0 aliphatic heterocycles. The van der Waals surface area contributed by atoms with Gasteiger partial charge in [-0.1, -0.05) is 149 Å². The summed E-state index contributed by atoms with van der Waals surface area (Å²) in [5, 5.41) is 11.6. The van der Waals surface area contributed by atoms with Crippen LogP contribution in [0.1, 0.15) is 162 Å². The van der Waals surface area contributed by atoms with Gasteiger partial charge in [0.1, 0.15) is 12.6 Å². The number of hydrogen-bond acceptors (Lipinski definition) is 7. The monoisotopic (exact) mass is 862 g/mol. The van der Waals surface area contributed by atoms with E-state index in [-0.39, 0.29) is 55.5 Å². The van der Waals surface area contributed by atoms with Gasteiger partial charge in [-0.2, -0.15) is 0 Å². The lowest BCUT2D eigenvalue weighted by Crippen LogP contribution is -2.55. The molecular formula is C54H87NO7. The molecule has 0 saturated heterocycles. The Balaban J connectivity index is 4.50. The minimum atomic E-state index is -1.14. The zero-order chi connectivity index (χ0) is 45.6. The number of aliphatic carboxylic acids is 1. The van der Waals surface area contributed by atoms with Crippen molar-refractivity contribution in [2.75, 3.05) is 41.0 Å². The van der Waals surface area contributed by atoms with Crippen LogP contribution >= 0.6 is 0 Å². The summed E-state index contributed by atoms with van der Waals surface area (Å²) in [5.74, 6) is -1.88. The van der Waals surface area contributed by atoms with E-state index >= 15 is 0 Å². The van der Waals surface area contributed by atoms with Crippen molar-refractivity contribution in [1.29, 1.82) is 0 Å². The van der Waals surface area contributed by atoms with Gasteiger partial charge in [0.2, 0.25) is 0 Å². The molecule has 0 rings (SSSR count). The van der Waals surface area contributed by atoms with Crippen molar-refractivity contribution >= 4 is 17.9 Å². The van der Waals surface area contributed by atoms with Crippen molar-refractivity contribution in [3.63, 3.8) is 0 Å². The van der Waals surface area contributed by atoms with Gasteiger partial charge in [0, 0.05) is 19.3 Å². The molecule has 2 unspecified atom stereocenters. The number of quaternary nitrogens is 1. The molecule has 0 aliphatic carbocycles. The largest absolute Gasteiger partial charge is 0.544 e. The molecule has 62 heavy (non-hydrogen) atoms. The molecule has 0 amide bonds. The van der Waals surface area contributed by atoms with Gasteiger partial charge in [-0.25, -0.2) is 0 Å². The fraction of sp³-hybridized carbons (Fsp3) is 0.611. The fourth-order valence-corrected chi connectivity index (χ4v) is 6.14. The fourth-order valence-electron chi connectivity index (χ4n) is 6.14. The number of likely N-dealkylation sites (N-methyl/N-ethyl adjacent to an activating group) is 1. The Morgan fingerprint density at radius 1 is 0.484 bits per heavy atom. The van der Waals surface area contributed by atoms with Crippen LogP contribution in [-0.4, -0.2) is 75.5 Å². The summed E-state index contributed by atoms with van der Waals surface area (Å²) in [5.41, 5.74) is 0. The first-order chi connectivity index (χ1) is 30.1. The number of nitrogens with zero attached hydrogens (tertiary/aromatic N) is 1. The molecule has 0 bridgehead atoms. The molecule has 0 aliphatic rings. The molecular weight excluding hydrogens is 775 g/mol. The van der Waals surface area contributed by atoms with Crippen molar-refractivity contribution in [1.82, 2.24) is 0 Å². The highest BCUT2D eigenvalue weighted by Crippen LogP contribution is 2.10. The number of rotatable bonds is 41. The minimum Gasteiger partial charge on any atom is -0.544 e.